The maximum Gasteiger partial charge on any atom is 0.315 e. The van der Waals surface area contributed by atoms with Crippen LogP contribution in [0, 0.1) is 0 Å². The molecule has 6 heteroatoms. The molecule has 0 N–H and O–H groups in total. The number of allylic oxidation sites excluding steroid dienone is 2. The molecule has 152 valence electrons. The number of carbonyl (C=O) groups is 4. The van der Waals surface area contributed by atoms with Gasteiger partial charge in [0.2, 0.25) is 0 Å². The lowest BCUT2D eigenvalue weighted by molar-refractivity contribution is -0.135. The molecule has 2 aromatic carbocycles. The van der Waals surface area contributed by atoms with Gasteiger partial charge >= 0.3 is 11.9 Å². The normalized spacial score (nSPS) is 14.1. The molecule has 0 saturated carbocycles. The molecular formula is C24H20O6. The molecule has 0 fully saturated rings. The molecule has 30 heavy (non-hydrogen) atoms. The van der Waals surface area contributed by atoms with Gasteiger partial charge in [-0.1, -0.05) is 36.4 Å². The fourth-order valence-electron chi connectivity index (χ4n) is 3.04. The molecule has 3 rings (SSSR count). The van der Waals surface area contributed by atoms with Crippen molar-refractivity contribution in [2.75, 3.05) is 0 Å². The van der Waals surface area contributed by atoms with Gasteiger partial charge in [-0.25, -0.2) is 0 Å². The summed E-state index contributed by atoms with van der Waals surface area (Å²) in [4.78, 5) is 50.4. The number of hydrogen-bond donors (Lipinski definition) is 0. The summed E-state index contributed by atoms with van der Waals surface area (Å²) in [6.07, 6.45) is -0.837. The Hall–Kier alpha value is -3.80. The second-order valence-corrected chi connectivity index (χ2v) is 6.79. The molecule has 0 heterocycles. The van der Waals surface area contributed by atoms with Gasteiger partial charge in [-0.05, 0) is 38.1 Å². The second kappa shape index (κ2) is 9.13. The first-order chi connectivity index (χ1) is 14.4. The summed E-state index contributed by atoms with van der Waals surface area (Å²) in [7, 11) is 0. The number of benzene rings is 2. The largest absolute Gasteiger partial charge is 0.426 e. The van der Waals surface area contributed by atoms with Gasteiger partial charge in [0, 0.05) is 22.3 Å². The number of hydrogen-bond acceptors (Lipinski definition) is 6. The Morgan fingerprint density at radius 1 is 0.633 bits per heavy atom. The van der Waals surface area contributed by atoms with E-state index in [9.17, 15) is 19.2 Å². The number of Topliss-reactive ketones (excluding diaryl/α,β-unsaturated/α-hetero) is 2. The molecule has 0 atom stereocenters. The summed E-state index contributed by atoms with van der Waals surface area (Å²) >= 11 is 0. The lowest BCUT2D eigenvalue weighted by Gasteiger charge is -2.20. The molecule has 1 aliphatic rings. The van der Waals surface area contributed by atoms with Crippen molar-refractivity contribution in [3.8, 4) is 11.5 Å². The molecule has 0 radical (unpaired) electrons. The van der Waals surface area contributed by atoms with Gasteiger partial charge in [-0.2, -0.15) is 0 Å². The smallest absolute Gasteiger partial charge is 0.315 e. The van der Waals surface area contributed by atoms with Crippen molar-refractivity contribution in [3.05, 3.63) is 83.0 Å². The van der Waals surface area contributed by atoms with E-state index in [4.69, 9.17) is 9.47 Å². The van der Waals surface area contributed by atoms with Gasteiger partial charge in [-0.15, -0.1) is 0 Å². The Labute approximate surface area is 173 Å². The lowest BCUT2D eigenvalue weighted by atomic mass is 9.82. The zero-order chi connectivity index (χ0) is 21.7. The van der Waals surface area contributed by atoms with E-state index in [1.54, 1.807) is 60.7 Å². The molecular weight excluding hydrogens is 384 g/mol. The third kappa shape index (κ3) is 4.78. The summed E-state index contributed by atoms with van der Waals surface area (Å²) in [6, 6.07) is 16.8. The molecule has 0 saturated heterocycles. The highest BCUT2D eigenvalue weighted by Gasteiger charge is 2.33. The van der Waals surface area contributed by atoms with Gasteiger partial charge in [0.1, 0.15) is 11.5 Å². The van der Waals surface area contributed by atoms with E-state index in [1.807, 2.05) is 0 Å². The lowest BCUT2D eigenvalue weighted by Crippen LogP contribution is -2.26. The van der Waals surface area contributed by atoms with Crippen molar-refractivity contribution >= 4 is 23.5 Å². The molecule has 6 nitrogen and oxygen atoms in total. The first-order valence-corrected chi connectivity index (χ1v) is 9.37. The summed E-state index contributed by atoms with van der Waals surface area (Å²) in [5.41, 5.74) is 0.438. The Kier molecular flexibility index (Phi) is 6.37. The van der Waals surface area contributed by atoms with Gasteiger partial charge in [0.25, 0.3) is 0 Å². The Bertz CT molecular complexity index is 976. The van der Waals surface area contributed by atoms with Gasteiger partial charge in [0.05, 0.1) is 12.8 Å². The standard InChI is InChI=1S/C24H20O6/c1-15-16(2)24(28)20(14-22(26)30-18-11-7-4-8-12-18)19(23(15)27)13-21(25)29-17-9-5-3-6-10-17/h3-12H,13-14H2,1-2H3. The monoisotopic (exact) mass is 404 g/mol. The van der Waals surface area contributed by atoms with Crippen LogP contribution >= 0.6 is 0 Å². The molecule has 0 unspecified atom stereocenters. The summed E-state index contributed by atoms with van der Waals surface area (Å²) in [6.45, 7) is 3.05. The number of ether oxygens (including phenoxy) is 2. The van der Waals surface area contributed by atoms with Crippen molar-refractivity contribution in [1.29, 1.82) is 0 Å². The molecule has 0 bridgehead atoms. The molecule has 0 aliphatic heterocycles. The van der Waals surface area contributed by atoms with Crippen LogP contribution in [-0.4, -0.2) is 23.5 Å². The molecule has 0 spiro atoms. The van der Waals surface area contributed by atoms with Crippen LogP contribution in [0.1, 0.15) is 26.7 Å². The highest BCUT2D eigenvalue weighted by molar-refractivity contribution is 6.26. The van der Waals surface area contributed by atoms with Crippen LogP contribution < -0.4 is 9.47 Å². The third-order valence-corrected chi connectivity index (χ3v) is 4.75. The highest BCUT2D eigenvalue weighted by Crippen LogP contribution is 2.29. The topological polar surface area (TPSA) is 86.7 Å². The maximum atomic E-state index is 12.8. The fourth-order valence-corrected chi connectivity index (χ4v) is 3.04. The Morgan fingerprint density at radius 3 is 1.30 bits per heavy atom. The number of rotatable bonds is 6. The number of para-hydroxylation sites is 2. The average Bonchev–Trinajstić information content (AvgIpc) is 2.74. The van der Waals surface area contributed by atoms with E-state index >= 15 is 0 Å². The van der Waals surface area contributed by atoms with Crippen LogP contribution in [0.15, 0.2) is 83.0 Å². The molecule has 0 aromatic heterocycles. The third-order valence-electron chi connectivity index (χ3n) is 4.75. The fraction of sp³-hybridized carbons (Fsp3) is 0.167. The average molecular weight is 404 g/mol. The highest BCUT2D eigenvalue weighted by atomic mass is 16.5. The van der Waals surface area contributed by atoms with E-state index in [1.165, 1.54) is 13.8 Å². The SMILES string of the molecule is CC1=C(C)C(=O)C(CC(=O)Oc2ccccc2)=C(CC(=O)Oc2ccccc2)C1=O. The van der Waals surface area contributed by atoms with E-state index in [-0.39, 0.29) is 22.3 Å². The van der Waals surface area contributed by atoms with Gasteiger partial charge in [0.15, 0.2) is 11.6 Å². The molecule has 1 aliphatic carbocycles. The number of esters is 2. The first kappa shape index (κ1) is 20.9. The maximum absolute atomic E-state index is 12.8. The quantitative estimate of drug-likeness (QED) is 0.414. The van der Waals surface area contributed by atoms with Crippen molar-refractivity contribution in [2.24, 2.45) is 0 Å². The van der Waals surface area contributed by atoms with Crippen LogP contribution in [-0.2, 0) is 19.2 Å². The Balaban J connectivity index is 1.84. The first-order valence-electron chi connectivity index (χ1n) is 9.37. The van der Waals surface area contributed by atoms with Crippen molar-refractivity contribution < 1.29 is 28.7 Å². The van der Waals surface area contributed by atoms with Crippen LogP contribution in [0.25, 0.3) is 0 Å². The van der Waals surface area contributed by atoms with Gasteiger partial charge < -0.3 is 9.47 Å². The molecule has 0 amide bonds. The van der Waals surface area contributed by atoms with Crippen LogP contribution in [0.3, 0.4) is 0 Å². The van der Waals surface area contributed by atoms with Crippen LogP contribution in [0.5, 0.6) is 11.5 Å². The summed E-state index contributed by atoms with van der Waals surface area (Å²) in [5, 5.41) is 0. The van der Waals surface area contributed by atoms with E-state index in [0.29, 0.717) is 11.5 Å². The minimum Gasteiger partial charge on any atom is -0.426 e. The predicted molar refractivity (Wildman–Crippen MR) is 109 cm³/mol. The summed E-state index contributed by atoms with van der Waals surface area (Å²) in [5.74, 6) is -1.63. The molecule has 2 aromatic rings. The minimum absolute atomic E-state index is 0.0333. The van der Waals surface area contributed by atoms with Crippen molar-refractivity contribution in [3.63, 3.8) is 0 Å². The van der Waals surface area contributed by atoms with Gasteiger partial charge in [-0.3, -0.25) is 19.2 Å². The van der Waals surface area contributed by atoms with Crippen LogP contribution in [0.4, 0.5) is 0 Å². The van der Waals surface area contributed by atoms with E-state index < -0.39 is 36.3 Å². The zero-order valence-electron chi connectivity index (χ0n) is 16.6. The minimum atomic E-state index is -0.696. The predicted octanol–water partition coefficient (Wildman–Crippen LogP) is 3.76. The number of carbonyl (C=O) groups excluding carboxylic acids is 4. The van der Waals surface area contributed by atoms with Crippen LogP contribution in [0.2, 0.25) is 0 Å². The van der Waals surface area contributed by atoms with Crippen molar-refractivity contribution in [2.45, 2.75) is 26.7 Å². The van der Waals surface area contributed by atoms with E-state index in [2.05, 4.69) is 0 Å². The van der Waals surface area contributed by atoms with Crippen molar-refractivity contribution in [1.82, 2.24) is 0 Å². The summed E-state index contributed by atoms with van der Waals surface area (Å²) < 4.78 is 10.5. The number of ketones is 2. The zero-order valence-corrected chi connectivity index (χ0v) is 16.6. The second-order valence-electron chi connectivity index (χ2n) is 6.79. The van der Waals surface area contributed by atoms with E-state index in [0.717, 1.165) is 0 Å². The Morgan fingerprint density at radius 2 is 0.967 bits per heavy atom.